The topological polar surface area (TPSA) is 27.0 Å². The molecule has 0 bridgehead atoms. The van der Waals surface area contributed by atoms with E-state index in [0.29, 0.717) is 6.54 Å². The largest absolute Gasteiger partial charge is 0.361 e. The minimum Gasteiger partial charge on any atom is -0.361 e. The first-order valence-corrected chi connectivity index (χ1v) is 3.89. The number of aryl methyl sites for hydroxylation is 1. The van der Waals surface area contributed by atoms with Crippen molar-refractivity contribution in [2.75, 3.05) is 18.5 Å². The van der Waals surface area contributed by atoms with Crippen LogP contribution in [0.25, 0.3) is 0 Å². The molecule has 0 radical (unpaired) electrons. The van der Waals surface area contributed by atoms with Gasteiger partial charge in [0.2, 0.25) is 0 Å². The molecule has 0 aliphatic heterocycles. The summed E-state index contributed by atoms with van der Waals surface area (Å²) in [6.07, 6.45) is 0. The first kappa shape index (κ1) is 8.61. The minimum absolute atomic E-state index is 0.434. The zero-order valence-electron chi connectivity index (χ0n) is 7.41. The molecule has 1 rings (SSSR count). The molecule has 0 atom stereocenters. The predicted octanol–water partition coefficient (Wildman–Crippen LogP) is 1.95. The summed E-state index contributed by atoms with van der Waals surface area (Å²) in [7, 11) is 1.91. The van der Waals surface area contributed by atoms with Gasteiger partial charge in [-0.2, -0.15) is 5.26 Å². The quantitative estimate of drug-likeness (QED) is 0.618. The Morgan fingerprint density at radius 3 is 2.42 bits per heavy atom. The SMILES string of the molecule is Cc1ccc(N(C)CC#N)cc1. The average molecular weight is 160 g/mol. The highest BCUT2D eigenvalue weighted by Crippen LogP contribution is 2.12. The molecule has 0 heterocycles. The van der Waals surface area contributed by atoms with E-state index >= 15 is 0 Å². The Kier molecular flexibility index (Phi) is 2.71. The Morgan fingerprint density at radius 1 is 1.33 bits per heavy atom. The van der Waals surface area contributed by atoms with Gasteiger partial charge in [0.05, 0.1) is 6.07 Å². The van der Waals surface area contributed by atoms with E-state index in [1.165, 1.54) is 5.56 Å². The van der Waals surface area contributed by atoms with Crippen LogP contribution >= 0.6 is 0 Å². The van der Waals surface area contributed by atoms with Gasteiger partial charge in [0.1, 0.15) is 6.54 Å². The smallest absolute Gasteiger partial charge is 0.105 e. The molecule has 2 heteroatoms. The fourth-order valence-electron chi connectivity index (χ4n) is 0.997. The van der Waals surface area contributed by atoms with Crippen LogP contribution in [0, 0.1) is 18.3 Å². The van der Waals surface area contributed by atoms with E-state index in [1.54, 1.807) is 0 Å². The highest BCUT2D eigenvalue weighted by molar-refractivity contribution is 5.47. The molecular weight excluding hydrogens is 148 g/mol. The van der Waals surface area contributed by atoms with E-state index in [1.807, 2.05) is 43.1 Å². The first-order valence-electron chi connectivity index (χ1n) is 3.89. The van der Waals surface area contributed by atoms with Crippen molar-refractivity contribution in [2.24, 2.45) is 0 Å². The van der Waals surface area contributed by atoms with E-state index in [0.717, 1.165) is 5.69 Å². The lowest BCUT2D eigenvalue weighted by Gasteiger charge is -2.14. The third kappa shape index (κ3) is 2.00. The summed E-state index contributed by atoms with van der Waals surface area (Å²) in [5.74, 6) is 0. The molecule has 0 fully saturated rings. The number of anilines is 1. The maximum absolute atomic E-state index is 8.46. The zero-order chi connectivity index (χ0) is 8.97. The summed E-state index contributed by atoms with van der Waals surface area (Å²) in [5.41, 5.74) is 2.33. The molecule has 0 saturated carbocycles. The van der Waals surface area contributed by atoms with E-state index in [-0.39, 0.29) is 0 Å². The lowest BCUT2D eigenvalue weighted by Crippen LogP contribution is -2.16. The van der Waals surface area contributed by atoms with Crippen LogP contribution < -0.4 is 4.90 Å². The molecule has 0 aromatic heterocycles. The molecule has 1 aromatic rings. The Balaban J connectivity index is 2.76. The van der Waals surface area contributed by atoms with Gasteiger partial charge >= 0.3 is 0 Å². The molecule has 0 aliphatic carbocycles. The summed E-state index contributed by atoms with van der Waals surface area (Å²) in [6.45, 7) is 2.48. The third-order valence-corrected chi connectivity index (χ3v) is 1.78. The second-order valence-electron chi connectivity index (χ2n) is 2.85. The number of rotatable bonds is 2. The number of hydrogen-bond donors (Lipinski definition) is 0. The molecule has 2 nitrogen and oxygen atoms in total. The Hall–Kier alpha value is -1.49. The van der Waals surface area contributed by atoms with Crippen molar-refractivity contribution < 1.29 is 0 Å². The average Bonchev–Trinajstić information content (AvgIpc) is 2.06. The highest BCUT2D eigenvalue weighted by atomic mass is 15.1. The first-order chi connectivity index (χ1) is 5.74. The van der Waals surface area contributed by atoms with Crippen LogP contribution in [-0.2, 0) is 0 Å². The molecule has 0 spiro atoms. The predicted molar refractivity (Wildman–Crippen MR) is 50.1 cm³/mol. The molecule has 1 aromatic carbocycles. The van der Waals surface area contributed by atoms with Crippen molar-refractivity contribution in [3.63, 3.8) is 0 Å². The van der Waals surface area contributed by atoms with E-state index in [2.05, 4.69) is 6.07 Å². The maximum Gasteiger partial charge on any atom is 0.105 e. The standard InChI is InChI=1S/C10H12N2/c1-9-3-5-10(6-4-9)12(2)8-7-11/h3-6H,8H2,1-2H3. The normalized spacial score (nSPS) is 9.08. The molecule has 0 aliphatic rings. The lowest BCUT2D eigenvalue weighted by atomic mass is 10.2. The van der Waals surface area contributed by atoms with Crippen LogP contribution in [-0.4, -0.2) is 13.6 Å². The van der Waals surface area contributed by atoms with Crippen LogP contribution in [0.5, 0.6) is 0 Å². The maximum atomic E-state index is 8.46. The summed E-state index contributed by atoms with van der Waals surface area (Å²) in [6, 6.07) is 10.2. The zero-order valence-corrected chi connectivity index (χ0v) is 7.41. The van der Waals surface area contributed by atoms with Crippen molar-refractivity contribution in [3.8, 4) is 6.07 Å². The van der Waals surface area contributed by atoms with Crippen molar-refractivity contribution in [2.45, 2.75) is 6.92 Å². The number of nitrogens with zero attached hydrogens (tertiary/aromatic N) is 2. The minimum atomic E-state index is 0.434. The Bertz CT molecular complexity index is 282. The van der Waals surface area contributed by atoms with Gasteiger partial charge in [-0.15, -0.1) is 0 Å². The fraction of sp³-hybridized carbons (Fsp3) is 0.300. The molecule has 0 saturated heterocycles. The molecule has 0 unspecified atom stereocenters. The van der Waals surface area contributed by atoms with Gasteiger partial charge in [-0.1, -0.05) is 17.7 Å². The molecule has 0 N–H and O–H groups in total. The monoisotopic (exact) mass is 160 g/mol. The van der Waals surface area contributed by atoms with Gasteiger partial charge in [-0.25, -0.2) is 0 Å². The van der Waals surface area contributed by atoms with E-state index < -0.39 is 0 Å². The van der Waals surface area contributed by atoms with Crippen LogP contribution in [0.1, 0.15) is 5.56 Å². The fourth-order valence-corrected chi connectivity index (χ4v) is 0.997. The Morgan fingerprint density at radius 2 is 1.92 bits per heavy atom. The Labute approximate surface area is 73.0 Å². The van der Waals surface area contributed by atoms with Gasteiger partial charge in [0, 0.05) is 12.7 Å². The van der Waals surface area contributed by atoms with Crippen LogP contribution in [0.15, 0.2) is 24.3 Å². The summed E-state index contributed by atoms with van der Waals surface area (Å²) < 4.78 is 0. The van der Waals surface area contributed by atoms with Crippen molar-refractivity contribution in [1.29, 1.82) is 5.26 Å². The second-order valence-corrected chi connectivity index (χ2v) is 2.85. The van der Waals surface area contributed by atoms with Crippen molar-refractivity contribution >= 4 is 5.69 Å². The van der Waals surface area contributed by atoms with Gasteiger partial charge in [-0.05, 0) is 19.1 Å². The molecule has 0 amide bonds. The van der Waals surface area contributed by atoms with Gasteiger partial charge < -0.3 is 4.90 Å². The van der Waals surface area contributed by atoms with Crippen molar-refractivity contribution in [3.05, 3.63) is 29.8 Å². The second kappa shape index (κ2) is 3.77. The summed E-state index contributed by atoms with van der Waals surface area (Å²) in [4.78, 5) is 1.92. The van der Waals surface area contributed by atoms with Gasteiger partial charge in [0.25, 0.3) is 0 Å². The van der Waals surface area contributed by atoms with Crippen LogP contribution in [0.4, 0.5) is 5.69 Å². The van der Waals surface area contributed by atoms with Gasteiger partial charge in [0.15, 0.2) is 0 Å². The van der Waals surface area contributed by atoms with Crippen LogP contribution in [0.2, 0.25) is 0 Å². The lowest BCUT2D eigenvalue weighted by molar-refractivity contribution is 1.04. The molecular formula is C10H12N2. The van der Waals surface area contributed by atoms with E-state index in [9.17, 15) is 0 Å². The molecule has 12 heavy (non-hydrogen) atoms. The third-order valence-electron chi connectivity index (χ3n) is 1.78. The highest BCUT2D eigenvalue weighted by Gasteiger charge is 1.97. The number of benzene rings is 1. The summed E-state index contributed by atoms with van der Waals surface area (Å²) in [5, 5.41) is 8.46. The van der Waals surface area contributed by atoms with Crippen LogP contribution in [0.3, 0.4) is 0 Å². The van der Waals surface area contributed by atoms with E-state index in [4.69, 9.17) is 5.26 Å². The molecule has 62 valence electrons. The summed E-state index contributed by atoms with van der Waals surface area (Å²) >= 11 is 0. The van der Waals surface area contributed by atoms with Crippen molar-refractivity contribution in [1.82, 2.24) is 0 Å². The number of nitriles is 1. The van der Waals surface area contributed by atoms with Gasteiger partial charge in [-0.3, -0.25) is 0 Å². The number of hydrogen-bond acceptors (Lipinski definition) is 2.